The molecule has 7 heteroatoms. The Morgan fingerprint density at radius 1 is 1.24 bits per heavy atom. The number of benzene rings is 1. The van der Waals surface area contributed by atoms with Crippen LogP contribution in [0.3, 0.4) is 0 Å². The van der Waals surface area contributed by atoms with Crippen molar-refractivity contribution in [1.29, 1.82) is 0 Å². The standard InChI is InChI=1S/C9H13N3O2.C9H17N.C8H9Cl/c1-7(14)8-4-10-9-5-11(6-13)2-3-12(8)9;1-3-4-6-10-7-5-9(2)8-10;1-2-7-5-3-4-6-8(7)9/h4,13H,2-3,5-6H2,1H3;3-4,9H,5-8H2,1-2H3;3-6H,2H2,1H3/b;4-3+;/t;9-;/m.0./s1. The van der Waals surface area contributed by atoms with Crippen LogP contribution in [0.2, 0.25) is 5.02 Å². The van der Waals surface area contributed by atoms with Gasteiger partial charge in [-0.3, -0.25) is 14.6 Å². The fraction of sp³-hybridized carbons (Fsp3) is 0.538. The van der Waals surface area contributed by atoms with E-state index >= 15 is 0 Å². The number of likely N-dealkylation sites (tertiary alicyclic amines) is 1. The van der Waals surface area contributed by atoms with E-state index in [1.165, 1.54) is 25.1 Å². The van der Waals surface area contributed by atoms with Crippen LogP contribution < -0.4 is 0 Å². The quantitative estimate of drug-likeness (QED) is 0.504. The number of aromatic nitrogens is 2. The van der Waals surface area contributed by atoms with Gasteiger partial charge in [-0.25, -0.2) is 4.98 Å². The number of imidazole rings is 1. The van der Waals surface area contributed by atoms with Crippen molar-refractivity contribution in [1.82, 2.24) is 19.4 Å². The molecule has 1 atom stereocenters. The van der Waals surface area contributed by atoms with Crippen molar-refractivity contribution in [2.45, 2.75) is 53.6 Å². The van der Waals surface area contributed by atoms with Gasteiger partial charge in [0.25, 0.3) is 0 Å². The molecule has 0 amide bonds. The summed E-state index contributed by atoms with van der Waals surface area (Å²) in [6.45, 7) is 14.0. The molecule has 0 spiro atoms. The number of carbonyl (C=O) groups excluding carboxylic acids is 1. The van der Waals surface area contributed by atoms with E-state index in [0.29, 0.717) is 12.2 Å². The third-order valence-electron chi connectivity index (χ3n) is 5.95. The van der Waals surface area contributed by atoms with Crippen LogP contribution in [0.4, 0.5) is 0 Å². The highest BCUT2D eigenvalue weighted by molar-refractivity contribution is 6.31. The largest absolute Gasteiger partial charge is 0.381 e. The smallest absolute Gasteiger partial charge is 0.177 e. The second-order valence-electron chi connectivity index (χ2n) is 8.63. The fourth-order valence-corrected chi connectivity index (χ4v) is 4.21. The van der Waals surface area contributed by atoms with E-state index in [0.717, 1.165) is 42.8 Å². The van der Waals surface area contributed by atoms with E-state index in [4.69, 9.17) is 16.7 Å². The van der Waals surface area contributed by atoms with E-state index < -0.39 is 0 Å². The second-order valence-corrected chi connectivity index (χ2v) is 9.04. The van der Waals surface area contributed by atoms with Gasteiger partial charge in [-0.1, -0.05) is 55.8 Å². The van der Waals surface area contributed by atoms with Crippen LogP contribution in [-0.4, -0.2) is 63.2 Å². The van der Waals surface area contributed by atoms with Gasteiger partial charge in [0.05, 0.1) is 19.5 Å². The van der Waals surface area contributed by atoms with E-state index in [-0.39, 0.29) is 12.5 Å². The summed E-state index contributed by atoms with van der Waals surface area (Å²) in [5, 5.41) is 9.83. The number of Topliss-reactive ketones (excluding diaryl/α,β-unsaturated/α-hetero) is 1. The van der Waals surface area contributed by atoms with Crippen LogP contribution >= 0.6 is 11.6 Å². The minimum Gasteiger partial charge on any atom is -0.381 e. The lowest BCUT2D eigenvalue weighted by Crippen LogP contribution is -2.35. The first-order chi connectivity index (χ1) is 15.9. The molecule has 1 N–H and O–H groups in total. The second kappa shape index (κ2) is 14.3. The molecule has 1 aromatic carbocycles. The average Bonchev–Trinajstić information content (AvgIpc) is 3.44. The zero-order chi connectivity index (χ0) is 24.2. The Kier molecular flexibility index (Phi) is 11.8. The van der Waals surface area contributed by atoms with Gasteiger partial charge >= 0.3 is 0 Å². The molecule has 4 rings (SSSR count). The molecule has 182 valence electrons. The van der Waals surface area contributed by atoms with Crippen LogP contribution in [0.25, 0.3) is 0 Å². The minimum atomic E-state index is 0.0428. The van der Waals surface area contributed by atoms with Crippen LogP contribution in [-0.2, 0) is 19.5 Å². The van der Waals surface area contributed by atoms with Crippen LogP contribution in [0.15, 0.2) is 42.6 Å². The first kappa shape index (κ1) is 27.3. The number of allylic oxidation sites excluding steroid dienone is 1. The number of carbonyl (C=O) groups is 1. The number of aryl methyl sites for hydroxylation is 1. The van der Waals surface area contributed by atoms with Crippen molar-refractivity contribution in [3.8, 4) is 0 Å². The van der Waals surface area contributed by atoms with Gasteiger partial charge in [-0.2, -0.15) is 0 Å². The molecular weight excluding hydrogens is 436 g/mol. The highest BCUT2D eigenvalue weighted by Crippen LogP contribution is 2.15. The molecular formula is C26H39ClN4O2. The molecule has 2 aromatic rings. The first-order valence-electron chi connectivity index (χ1n) is 11.8. The number of halogens is 1. The molecule has 0 radical (unpaired) electrons. The normalized spacial score (nSPS) is 18.3. The minimum absolute atomic E-state index is 0.0428. The fourth-order valence-electron chi connectivity index (χ4n) is 3.94. The molecule has 33 heavy (non-hydrogen) atoms. The van der Waals surface area contributed by atoms with Gasteiger partial charge in [0, 0.05) is 38.1 Å². The molecule has 0 unspecified atom stereocenters. The highest BCUT2D eigenvalue weighted by atomic mass is 35.5. The van der Waals surface area contributed by atoms with Gasteiger partial charge in [-0.05, 0) is 43.9 Å². The van der Waals surface area contributed by atoms with Gasteiger partial charge in [0.2, 0.25) is 0 Å². The number of nitrogens with zero attached hydrogens (tertiary/aromatic N) is 4. The predicted octanol–water partition coefficient (Wildman–Crippen LogP) is 4.66. The van der Waals surface area contributed by atoms with Gasteiger partial charge in [0.1, 0.15) is 11.5 Å². The zero-order valence-corrected chi connectivity index (χ0v) is 21.3. The number of fused-ring (bicyclic) bond motifs is 1. The summed E-state index contributed by atoms with van der Waals surface area (Å²) in [5.41, 5.74) is 1.89. The number of aliphatic hydroxyl groups excluding tert-OH is 1. The lowest BCUT2D eigenvalue weighted by Gasteiger charge is -2.26. The Hall–Kier alpha value is -1.99. The Bertz CT molecular complexity index is 896. The van der Waals surface area contributed by atoms with Crippen molar-refractivity contribution in [2.24, 2.45) is 5.92 Å². The number of ketones is 1. The van der Waals surface area contributed by atoms with Crippen molar-refractivity contribution in [2.75, 3.05) is 32.9 Å². The van der Waals surface area contributed by atoms with E-state index in [9.17, 15) is 4.79 Å². The molecule has 1 aromatic heterocycles. The third-order valence-corrected chi connectivity index (χ3v) is 6.32. The molecule has 2 aliphatic heterocycles. The number of rotatable bonds is 5. The first-order valence-corrected chi connectivity index (χ1v) is 12.2. The number of hydrogen-bond acceptors (Lipinski definition) is 5. The molecule has 2 aliphatic rings. The molecule has 1 fully saturated rings. The summed E-state index contributed by atoms with van der Waals surface area (Å²) >= 11 is 5.82. The van der Waals surface area contributed by atoms with Crippen LogP contribution in [0, 0.1) is 5.92 Å². The maximum Gasteiger partial charge on any atom is 0.177 e. The molecule has 1 saturated heterocycles. The maximum atomic E-state index is 11.2. The number of hydrogen-bond donors (Lipinski definition) is 1. The summed E-state index contributed by atoms with van der Waals surface area (Å²) in [7, 11) is 0. The van der Waals surface area contributed by atoms with Crippen molar-refractivity contribution in [3.63, 3.8) is 0 Å². The summed E-state index contributed by atoms with van der Waals surface area (Å²) < 4.78 is 1.93. The molecule has 0 bridgehead atoms. The molecule has 0 saturated carbocycles. The monoisotopic (exact) mass is 474 g/mol. The van der Waals surface area contributed by atoms with Gasteiger partial charge < -0.3 is 9.67 Å². The summed E-state index contributed by atoms with van der Waals surface area (Å²) in [6, 6.07) is 7.91. The summed E-state index contributed by atoms with van der Waals surface area (Å²) in [5.74, 6) is 1.82. The Morgan fingerprint density at radius 2 is 2.00 bits per heavy atom. The lowest BCUT2D eigenvalue weighted by atomic mass is 10.2. The Morgan fingerprint density at radius 3 is 2.55 bits per heavy atom. The highest BCUT2D eigenvalue weighted by Gasteiger charge is 2.20. The van der Waals surface area contributed by atoms with Gasteiger partial charge in [0.15, 0.2) is 5.78 Å². The van der Waals surface area contributed by atoms with Gasteiger partial charge in [-0.15, -0.1) is 0 Å². The zero-order valence-electron chi connectivity index (χ0n) is 20.5. The molecule has 0 aliphatic carbocycles. The van der Waals surface area contributed by atoms with Crippen LogP contribution in [0.5, 0.6) is 0 Å². The lowest BCUT2D eigenvalue weighted by molar-refractivity contribution is 0.0803. The SMILES string of the molecule is C/C=C/CN1CC[C@H](C)C1.CC(=O)c1cnc2n1CCN(CO)C2.CCc1ccccc1Cl. The van der Waals surface area contributed by atoms with Crippen molar-refractivity contribution in [3.05, 3.63) is 64.7 Å². The Labute approximate surface area is 203 Å². The predicted molar refractivity (Wildman–Crippen MR) is 136 cm³/mol. The van der Waals surface area contributed by atoms with Crippen molar-refractivity contribution < 1.29 is 9.90 Å². The van der Waals surface area contributed by atoms with E-state index in [2.05, 4.69) is 42.8 Å². The summed E-state index contributed by atoms with van der Waals surface area (Å²) in [4.78, 5) is 19.8. The molecule has 3 heterocycles. The summed E-state index contributed by atoms with van der Waals surface area (Å²) in [6.07, 6.45) is 8.37. The molecule has 6 nitrogen and oxygen atoms in total. The number of aliphatic hydroxyl groups is 1. The maximum absolute atomic E-state index is 11.2. The van der Waals surface area contributed by atoms with Crippen LogP contribution in [0.1, 0.15) is 56.0 Å². The average molecular weight is 475 g/mol. The van der Waals surface area contributed by atoms with E-state index in [1.54, 1.807) is 13.1 Å². The Balaban J connectivity index is 0.000000181. The van der Waals surface area contributed by atoms with E-state index in [1.807, 2.05) is 33.7 Å². The van der Waals surface area contributed by atoms with Crippen molar-refractivity contribution >= 4 is 17.4 Å². The third kappa shape index (κ3) is 8.70. The topological polar surface area (TPSA) is 61.6 Å².